The van der Waals surface area contributed by atoms with Crippen molar-refractivity contribution in [1.29, 1.82) is 0 Å². The quantitative estimate of drug-likeness (QED) is 0.340. The van der Waals surface area contributed by atoms with E-state index in [1.54, 1.807) is 54.6 Å². The number of benzene rings is 3. The maximum absolute atomic E-state index is 13.9. The topological polar surface area (TPSA) is 98.8 Å². The number of rotatable bonds is 8. The molecule has 1 aliphatic heterocycles. The highest BCUT2D eigenvalue weighted by atomic mass is 32.2. The van der Waals surface area contributed by atoms with E-state index in [1.165, 1.54) is 22.5 Å². The van der Waals surface area contributed by atoms with E-state index in [9.17, 15) is 22.4 Å². The molecule has 11 heteroatoms. The van der Waals surface area contributed by atoms with E-state index >= 15 is 0 Å². The number of hydrogen-bond donors (Lipinski definition) is 3. The SMILES string of the molecule is O=C(Nc1ccc(N(S)C(=O)NCC(c2ccccc2)S(=O)(=O)N2CCCCC2)cc1)c1ccccc1F. The molecule has 8 nitrogen and oxygen atoms in total. The van der Waals surface area contributed by atoms with Gasteiger partial charge in [-0.25, -0.2) is 26.2 Å². The molecular weight excluding hydrogens is 527 g/mol. The molecule has 1 unspecified atom stereocenters. The molecule has 1 heterocycles. The maximum atomic E-state index is 13.9. The minimum Gasteiger partial charge on any atom is -0.335 e. The van der Waals surface area contributed by atoms with Crippen molar-refractivity contribution in [2.45, 2.75) is 24.5 Å². The molecule has 0 aromatic heterocycles. The van der Waals surface area contributed by atoms with Crippen molar-refractivity contribution in [3.05, 3.63) is 95.8 Å². The Morgan fingerprint density at radius 3 is 2.21 bits per heavy atom. The lowest BCUT2D eigenvalue weighted by Gasteiger charge is -2.31. The van der Waals surface area contributed by atoms with E-state index in [4.69, 9.17) is 0 Å². The molecule has 3 aromatic carbocycles. The Kier molecular flexibility index (Phi) is 9.03. The van der Waals surface area contributed by atoms with Crippen LogP contribution >= 0.6 is 12.8 Å². The number of sulfonamides is 1. The number of urea groups is 1. The van der Waals surface area contributed by atoms with Crippen LogP contribution < -0.4 is 14.9 Å². The monoisotopic (exact) mass is 556 g/mol. The van der Waals surface area contributed by atoms with Gasteiger partial charge in [-0.05, 0) is 54.8 Å². The first-order valence-electron chi connectivity index (χ1n) is 12.2. The maximum Gasteiger partial charge on any atom is 0.331 e. The summed E-state index contributed by atoms with van der Waals surface area (Å²) in [5.74, 6) is -1.23. The number of carbonyl (C=O) groups excluding carboxylic acids is 2. The fraction of sp³-hybridized carbons (Fsp3) is 0.259. The number of nitrogens with zero attached hydrogens (tertiary/aromatic N) is 2. The molecule has 38 heavy (non-hydrogen) atoms. The zero-order valence-electron chi connectivity index (χ0n) is 20.6. The van der Waals surface area contributed by atoms with Gasteiger partial charge in [0.15, 0.2) is 0 Å². The highest BCUT2D eigenvalue weighted by molar-refractivity contribution is 7.89. The summed E-state index contributed by atoms with van der Waals surface area (Å²) in [6.45, 7) is 0.811. The standard InChI is InChI=1S/C27H29FN4O4S2/c28-24-12-6-5-11-23(24)26(33)30-21-13-15-22(16-14-21)32(37)27(34)29-19-25(20-9-3-1-4-10-20)38(35,36)31-17-7-2-8-18-31/h1,3-6,9-16,25,37H,2,7-8,17-19H2,(H,29,34)(H,30,33). The molecule has 3 amide bonds. The van der Waals surface area contributed by atoms with Gasteiger partial charge < -0.3 is 10.6 Å². The van der Waals surface area contributed by atoms with Gasteiger partial charge in [-0.15, -0.1) is 0 Å². The Labute approximate surface area is 227 Å². The Morgan fingerprint density at radius 1 is 0.921 bits per heavy atom. The summed E-state index contributed by atoms with van der Waals surface area (Å²) >= 11 is 4.28. The third kappa shape index (κ3) is 6.53. The molecule has 1 aliphatic rings. The molecule has 1 saturated heterocycles. The molecule has 0 saturated carbocycles. The predicted molar refractivity (Wildman–Crippen MR) is 149 cm³/mol. The Bertz CT molecular complexity index is 1370. The highest BCUT2D eigenvalue weighted by Gasteiger charge is 2.34. The average Bonchev–Trinajstić information content (AvgIpc) is 2.94. The molecule has 1 fully saturated rings. The van der Waals surface area contributed by atoms with E-state index in [0.29, 0.717) is 30.0 Å². The van der Waals surface area contributed by atoms with Gasteiger partial charge in [0.05, 0.1) is 11.3 Å². The summed E-state index contributed by atoms with van der Waals surface area (Å²) in [7, 11) is -3.70. The molecule has 2 N–H and O–H groups in total. The minimum absolute atomic E-state index is 0.0840. The zero-order chi connectivity index (χ0) is 27.1. The Hall–Kier alpha value is -3.41. The Balaban J connectivity index is 1.42. The second-order valence-corrected chi connectivity index (χ2v) is 11.4. The molecule has 0 bridgehead atoms. The van der Waals surface area contributed by atoms with Crippen LogP contribution in [0.3, 0.4) is 0 Å². The van der Waals surface area contributed by atoms with Crippen LogP contribution in [-0.2, 0) is 10.0 Å². The highest BCUT2D eigenvalue weighted by Crippen LogP contribution is 2.28. The molecule has 4 rings (SSSR count). The third-order valence-electron chi connectivity index (χ3n) is 6.33. The van der Waals surface area contributed by atoms with Crippen molar-refractivity contribution >= 4 is 46.2 Å². The van der Waals surface area contributed by atoms with Crippen LogP contribution in [0, 0.1) is 5.82 Å². The smallest absolute Gasteiger partial charge is 0.331 e. The lowest BCUT2D eigenvalue weighted by atomic mass is 10.1. The van der Waals surface area contributed by atoms with Gasteiger partial charge >= 0.3 is 6.03 Å². The van der Waals surface area contributed by atoms with Crippen molar-refractivity contribution in [1.82, 2.24) is 9.62 Å². The first kappa shape index (κ1) is 27.6. The normalized spacial score (nSPS) is 14.9. The summed E-state index contributed by atoms with van der Waals surface area (Å²) in [4.78, 5) is 25.2. The summed E-state index contributed by atoms with van der Waals surface area (Å²) in [5.41, 5.74) is 1.31. The molecule has 0 radical (unpaired) electrons. The molecule has 3 aromatic rings. The first-order chi connectivity index (χ1) is 18.3. The van der Waals surface area contributed by atoms with Crippen LogP contribution in [0.5, 0.6) is 0 Å². The molecular formula is C27H29FN4O4S2. The molecule has 0 spiro atoms. The van der Waals surface area contributed by atoms with E-state index < -0.39 is 33.0 Å². The van der Waals surface area contributed by atoms with Gasteiger partial charge in [0, 0.05) is 25.3 Å². The van der Waals surface area contributed by atoms with Crippen molar-refractivity contribution in [2.24, 2.45) is 0 Å². The van der Waals surface area contributed by atoms with Crippen molar-refractivity contribution < 1.29 is 22.4 Å². The third-order valence-corrected chi connectivity index (χ3v) is 8.98. The number of nitrogens with one attached hydrogen (secondary N) is 2. The first-order valence-corrected chi connectivity index (χ1v) is 14.1. The second-order valence-electron chi connectivity index (χ2n) is 8.88. The minimum atomic E-state index is -3.70. The summed E-state index contributed by atoms with van der Waals surface area (Å²) in [6.07, 6.45) is 2.63. The second kappa shape index (κ2) is 12.4. The lowest BCUT2D eigenvalue weighted by Crippen LogP contribution is -2.44. The van der Waals surface area contributed by atoms with Crippen LogP contribution in [0.25, 0.3) is 0 Å². The van der Waals surface area contributed by atoms with Gasteiger partial charge in [0.2, 0.25) is 10.0 Å². The fourth-order valence-electron chi connectivity index (χ4n) is 4.26. The number of anilines is 2. The number of hydrogen-bond acceptors (Lipinski definition) is 5. The average molecular weight is 557 g/mol. The van der Waals surface area contributed by atoms with Crippen molar-refractivity contribution in [3.8, 4) is 0 Å². The molecule has 0 aliphatic carbocycles. The largest absolute Gasteiger partial charge is 0.335 e. The van der Waals surface area contributed by atoms with Gasteiger partial charge in [-0.1, -0.05) is 61.7 Å². The fourth-order valence-corrected chi connectivity index (χ4v) is 6.39. The van der Waals surface area contributed by atoms with Gasteiger partial charge in [-0.3, -0.25) is 4.79 Å². The van der Waals surface area contributed by atoms with Gasteiger partial charge in [-0.2, -0.15) is 0 Å². The van der Waals surface area contributed by atoms with E-state index in [-0.39, 0.29) is 12.1 Å². The van der Waals surface area contributed by atoms with Gasteiger partial charge in [0.1, 0.15) is 11.1 Å². The Morgan fingerprint density at radius 2 is 1.55 bits per heavy atom. The van der Waals surface area contributed by atoms with E-state index in [2.05, 4.69) is 23.4 Å². The van der Waals surface area contributed by atoms with Crippen LogP contribution in [0.15, 0.2) is 78.9 Å². The summed E-state index contributed by atoms with van der Waals surface area (Å²) in [6, 6.07) is 20.1. The van der Waals surface area contributed by atoms with Crippen LogP contribution in [0.4, 0.5) is 20.6 Å². The van der Waals surface area contributed by atoms with E-state index in [1.807, 2.05) is 6.07 Å². The zero-order valence-corrected chi connectivity index (χ0v) is 22.3. The van der Waals surface area contributed by atoms with Crippen LogP contribution in [0.1, 0.15) is 40.4 Å². The molecule has 200 valence electrons. The number of halogens is 1. The summed E-state index contributed by atoms with van der Waals surface area (Å²) < 4.78 is 43.4. The summed E-state index contributed by atoms with van der Waals surface area (Å²) in [5, 5.41) is 4.36. The number of thiol groups is 1. The predicted octanol–water partition coefficient (Wildman–Crippen LogP) is 5.00. The lowest BCUT2D eigenvalue weighted by molar-refractivity contribution is 0.102. The van der Waals surface area contributed by atoms with Gasteiger partial charge in [0.25, 0.3) is 5.91 Å². The number of carbonyl (C=O) groups is 2. The van der Waals surface area contributed by atoms with Crippen LogP contribution in [-0.4, -0.2) is 44.3 Å². The number of piperidine rings is 1. The van der Waals surface area contributed by atoms with Crippen LogP contribution in [0.2, 0.25) is 0 Å². The van der Waals surface area contributed by atoms with Crippen molar-refractivity contribution in [2.75, 3.05) is 29.3 Å². The molecule has 1 atom stereocenters. The number of amides is 3. The van der Waals surface area contributed by atoms with Crippen molar-refractivity contribution in [3.63, 3.8) is 0 Å². The van der Waals surface area contributed by atoms with E-state index in [0.717, 1.165) is 23.6 Å².